The van der Waals surface area contributed by atoms with Gasteiger partial charge >= 0.3 is 0 Å². The standard InChI is InChI=1S/C17H20FNO/c1-13(15-7-5-8-16(18)12-15)19-11-10-14-6-3-4-9-17(14)20-2/h3-9,12-13,19H,10-11H2,1-2H3. The second-order valence-electron chi connectivity index (χ2n) is 4.79. The average Bonchev–Trinajstić information content (AvgIpc) is 2.47. The van der Waals surface area contributed by atoms with Gasteiger partial charge in [0.15, 0.2) is 0 Å². The van der Waals surface area contributed by atoms with Crippen molar-refractivity contribution in [1.82, 2.24) is 5.32 Å². The molecule has 0 saturated heterocycles. The summed E-state index contributed by atoms with van der Waals surface area (Å²) < 4.78 is 18.5. The van der Waals surface area contributed by atoms with Gasteiger partial charge in [-0.1, -0.05) is 30.3 Å². The van der Waals surface area contributed by atoms with E-state index in [1.807, 2.05) is 31.2 Å². The first-order valence-corrected chi connectivity index (χ1v) is 6.81. The normalized spacial score (nSPS) is 12.2. The van der Waals surface area contributed by atoms with Crippen LogP contribution in [0.2, 0.25) is 0 Å². The van der Waals surface area contributed by atoms with Crippen LogP contribution < -0.4 is 10.1 Å². The summed E-state index contributed by atoms with van der Waals surface area (Å²) in [4.78, 5) is 0. The maximum Gasteiger partial charge on any atom is 0.123 e. The lowest BCUT2D eigenvalue weighted by molar-refractivity contribution is 0.408. The lowest BCUT2D eigenvalue weighted by Gasteiger charge is -2.15. The number of ether oxygens (including phenoxy) is 1. The topological polar surface area (TPSA) is 21.3 Å². The van der Waals surface area contributed by atoms with Crippen LogP contribution in [0, 0.1) is 5.82 Å². The van der Waals surface area contributed by atoms with Gasteiger partial charge in [-0.25, -0.2) is 4.39 Å². The van der Waals surface area contributed by atoms with Gasteiger partial charge < -0.3 is 10.1 Å². The summed E-state index contributed by atoms with van der Waals surface area (Å²) in [6, 6.07) is 14.8. The Bertz CT molecular complexity index is 556. The van der Waals surface area contributed by atoms with Crippen molar-refractivity contribution >= 4 is 0 Å². The van der Waals surface area contributed by atoms with E-state index in [4.69, 9.17) is 4.74 Å². The highest BCUT2D eigenvalue weighted by Crippen LogP contribution is 2.18. The number of methoxy groups -OCH3 is 1. The van der Waals surface area contributed by atoms with Crippen LogP contribution in [0.4, 0.5) is 4.39 Å². The third-order valence-corrected chi connectivity index (χ3v) is 3.39. The Morgan fingerprint density at radius 3 is 2.70 bits per heavy atom. The third kappa shape index (κ3) is 3.81. The van der Waals surface area contributed by atoms with Crippen LogP contribution in [-0.4, -0.2) is 13.7 Å². The van der Waals surface area contributed by atoms with E-state index in [0.29, 0.717) is 0 Å². The van der Waals surface area contributed by atoms with Crippen LogP contribution in [0.25, 0.3) is 0 Å². The Kier molecular flexibility index (Phi) is 5.13. The molecule has 0 aliphatic heterocycles. The molecule has 3 heteroatoms. The van der Waals surface area contributed by atoms with Gasteiger partial charge in [0.2, 0.25) is 0 Å². The SMILES string of the molecule is COc1ccccc1CCNC(C)c1cccc(F)c1. The molecule has 0 bridgehead atoms. The van der Waals surface area contributed by atoms with E-state index < -0.39 is 0 Å². The minimum atomic E-state index is -0.194. The zero-order chi connectivity index (χ0) is 14.4. The molecule has 0 heterocycles. The Morgan fingerprint density at radius 2 is 1.95 bits per heavy atom. The smallest absolute Gasteiger partial charge is 0.123 e. The molecule has 20 heavy (non-hydrogen) atoms. The van der Waals surface area contributed by atoms with Crippen molar-refractivity contribution in [2.24, 2.45) is 0 Å². The molecule has 2 aromatic rings. The Morgan fingerprint density at radius 1 is 1.15 bits per heavy atom. The van der Waals surface area contributed by atoms with Crippen molar-refractivity contribution in [3.05, 3.63) is 65.5 Å². The van der Waals surface area contributed by atoms with E-state index in [9.17, 15) is 4.39 Å². The molecule has 2 aromatic carbocycles. The molecule has 0 fully saturated rings. The molecule has 0 aliphatic rings. The predicted molar refractivity (Wildman–Crippen MR) is 79.5 cm³/mol. The Labute approximate surface area is 119 Å². The maximum absolute atomic E-state index is 13.2. The summed E-state index contributed by atoms with van der Waals surface area (Å²) in [5.74, 6) is 0.716. The summed E-state index contributed by atoms with van der Waals surface area (Å²) in [5, 5.41) is 3.40. The molecule has 106 valence electrons. The van der Waals surface area contributed by atoms with Gasteiger partial charge in [-0.2, -0.15) is 0 Å². The third-order valence-electron chi connectivity index (χ3n) is 3.39. The highest BCUT2D eigenvalue weighted by Gasteiger charge is 2.06. The molecule has 0 saturated carbocycles. The molecule has 2 rings (SSSR count). The van der Waals surface area contributed by atoms with Gasteiger partial charge in [0, 0.05) is 6.04 Å². The number of halogens is 1. The molecule has 0 spiro atoms. The lowest BCUT2D eigenvalue weighted by Crippen LogP contribution is -2.21. The Balaban J connectivity index is 1.89. The molecular formula is C17H20FNO. The van der Waals surface area contributed by atoms with Crippen molar-refractivity contribution in [3.8, 4) is 5.75 Å². The monoisotopic (exact) mass is 273 g/mol. The van der Waals surface area contributed by atoms with Gasteiger partial charge in [0.25, 0.3) is 0 Å². The van der Waals surface area contributed by atoms with Crippen LogP contribution in [0.15, 0.2) is 48.5 Å². The molecular weight excluding hydrogens is 253 g/mol. The lowest BCUT2D eigenvalue weighted by atomic mass is 10.1. The highest BCUT2D eigenvalue weighted by atomic mass is 19.1. The molecule has 0 aromatic heterocycles. The summed E-state index contributed by atoms with van der Waals surface area (Å²) in [6.45, 7) is 2.86. The van der Waals surface area contributed by atoms with Gasteiger partial charge in [0.05, 0.1) is 7.11 Å². The van der Waals surface area contributed by atoms with Crippen molar-refractivity contribution < 1.29 is 9.13 Å². The van der Waals surface area contributed by atoms with E-state index in [1.165, 1.54) is 11.6 Å². The summed E-state index contributed by atoms with van der Waals surface area (Å²) in [7, 11) is 1.68. The summed E-state index contributed by atoms with van der Waals surface area (Å²) in [5.41, 5.74) is 2.14. The van der Waals surface area contributed by atoms with Crippen LogP contribution >= 0.6 is 0 Å². The quantitative estimate of drug-likeness (QED) is 0.866. The summed E-state index contributed by atoms with van der Waals surface area (Å²) >= 11 is 0. The van der Waals surface area contributed by atoms with Crippen LogP contribution in [0.5, 0.6) is 5.75 Å². The minimum absolute atomic E-state index is 0.125. The molecule has 1 unspecified atom stereocenters. The first kappa shape index (κ1) is 14.5. The second-order valence-corrected chi connectivity index (χ2v) is 4.79. The Hall–Kier alpha value is -1.87. The number of hydrogen-bond acceptors (Lipinski definition) is 2. The van der Waals surface area contributed by atoms with Gasteiger partial charge in [0.1, 0.15) is 11.6 Å². The fourth-order valence-electron chi connectivity index (χ4n) is 2.23. The molecule has 0 aliphatic carbocycles. The first-order valence-electron chi connectivity index (χ1n) is 6.81. The van der Waals surface area contributed by atoms with Gasteiger partial charge in [-0.3, -0.25) is 0 Å². The van der Waals surface area contributed by atoms with Crippen molar-refractivity contribution in [2.45, 2.75) is 19.4 Å². The fraction of sp³-hybridized carbons (Fsp3) is 0.294. The first-order chi connectivity index (χ1) is 9.70. The zero-order valence-electron chi connectivity index (χ0n) is 11.9. The molecule has 1 atom stereocenters. The molecule has 2 nitrogen and oxygen atoms in total. The zero-order valence-corrected chi connectivity index (χ0v) is 11.9. The van der Waals surface area contributed by atoms with E-state index >= 15 is 0 Å². The number of rotatable bonds is 6. The number of benzene rings is 2. The fourth-order valence-corrected chi connectivity index (χ4v) is 2.23. The number of para-hydroxylation sites is 1. The van der Waals surface area contributed by atoms with Crippen LogP contribution in [0.3, 0.4) is 0 Å². The second kappa shape index (κ2) is 7.06. The number of hydrogen-bond donors (Lipinski definition) is 1. The van der Waals surface area contributed by atoms with Crippen molar-refractivity contribution in [2.75, 3.05) is 13.7 Å². The van der Waals surface area contributed by atoms with Crippen LogP contribution in [0.1, 0.15) is 24.1 Å². The predicted octanol–water partition coefficient (Wildman–Crippen LogP) is 3.73. The molecule has 0 amide bonds. The van der Waals surface area contributed by atoms with E-state index in [-0.39, 0.29) is 11.9 Å². The largest absolute Gasteiger partial charge is 0.496 e. The number of nitrogens with one attached hydrogen (secondary N) is 1. The summed E-state index contributed by atoms with van der Waals surface area (Å²) in [6.07, 6.45) is 0.879. The molecule has 0 radical (unpaired) electrons. The molecule has 1 N–H and O–H groups in total. The average molecular weight is 273 g/mol. The van der Waals surface area contributed by atoms with E-state index in [0.717, 1.165) is 24.3 Å². The minimum Gasteiger partial charge on any atom is -0.496 e. The van der Waals surface area contributed by atoms with E-state index in [1.54, 1.807) is 19.2 Å². The van der Waals surface area contributed by atoms with Crippen molar-refractivity contribution in [1.29, 1.82) is 0 Å². The highest BCUT2D eigenvalue weighted by molar-refractivity contribution is 5.33. The van der Waals surface area contributed by atoms with Gasteiger partial charge in [-0.05, 0) is 49.2 Å². The van der Waals surface area contributed by atoms with E-state index in [2.05, 4.69) is 11.4 Å². The van der Waals surface area contributed by atoms with Gasteiger partial charge in [-0.15, -0.1) is 0 Å². The maximum atomic E-state index is 13.2. The van der Waals surface area contributed by atoms with Crippen molar-refractivity contribution in [3.63, 3.8) is 0 Å². The van der Waals surface area contributed by atoms with Crippen LogP contribution in [-0.2, 0) is 6.42 Å².